The number of ketones is 1. The summed E-state index contributed by atoms with van der Waals surface area (Å²) in [6.45, 7) is 1.39. The summed E-state index contributed by atoms with van der Waals surface area (Å²) in [6, 6.07) is 13.1. The van der Waals surface area contributed by atoms with Crippen molar-refractivity contribution in [1.29, 1.82) is 0 Å². The van der Waals surface area contributed by atoms with Gasteiger partial charge in [0.25, 0.3) is 0 Å². The number of aromatic amines is 1. The molecule has 0 bridgehead atoms. The Morgan fingerprint density at radius 3 is 2.30 bits per heavy atom. The molecule has 0 fully saturated rings. The van der Waals surface area contributed by atoms with E-state index in [1.807, 2.05) is 0 Å². The molecule has 1 heterocycles. The van der Waals surface area contributed by atoms with E-state index in [0.29, 0.717) is 21.2 Å². The third-order valence-electron chi connectivity index (χ3n) is 4.01. The zero-order chi connectivity index (χ0) is 21.7. The highest BCUT2D eigenvalue weighted by Crippen LogP contribution is 2.10. The minimum absolute atomic E-state index is 0.0721. The van der Waals surface area contributed by atoms with Crippen molar-refractivity contribution in [2.24, 2.45) is 5.10 Å². The van der Waals surface area contributed by atoms with E-state index in [2.05, 4.69) is 10.3 Å². The molecule has 0 atom stereocenters. The third kappa shape index (κ3) is 5.03. The SMILES string of the molecule is CCOC(=O)c1c(=O)n(/N=C/c2ccc(Cl)cc2)[nH][n+]1CC(=O)c1ccc(Cl)cc1. The van der Waals surface area contributed by atoms with Crippen LogP contribution in [0.25, 0.3) is 0 Å². The van der Waals surface area contributed by atoms with Crippen LogP contribution in [0.4, 0.5) is 0 Å². The first kappa shape index (κ1) is 21.5. The summed E-state index contributed by atoms with van der Waals surface area (Å²) in [4.78, 5) is 38.4. The number of hydrogen-bond acceptors (Lipinski definition) is 5. The van der Waals surface area contributed by atoms with Gasteiger partial charge in [-0.2, -0.15) is 0 Å². The maximum Gasteiger partial charge on any atom is 0.434 e. The van der Waals surface area contributed by atoms with Crippen LogP contribution in [0, 0.1) is 0 Å². The van der Waals surface area contributed by atoms with Crippen molar-refractivity contribution in [3.05, 3.63) is 85.8 Å². The fraction of sp³-hybridized carbons (Fsp3) is 0.150. The highest BCUT2D eigenvalue weighted by atomic mass is 35.5. The van der Waals surface area contributed by atoms with Crippen molar-refractivity contribution in [3.8, 4) is 0 Å². The molecule has 8 nitrogen and oxygen atoms in total. The molecule has 0 saturated heterocycles. The minimum atomic E-state index is -0.858. The molecule has 1 aromatic heterocycles. The Kier molecular flexibility index (Phi) is 6.81. The summed E-state index contributed by atoms with van der Waals surface area (Å²) in [6.07, 6.45) is 1.41. The van der Waals surface area contributed by atoms with Crippen molar-refractivity contribution < 1.29 is 19.0 Å². The number of halogens is 2. The summed E-state index contributed by atoms with van der Waals surface area (Å²) in [7, 11) is 0. The number of benzene rings is 2. The van der Waals surface area contributed by atoms with Gasteiger partial charge in [0.15, 0.2) is 6.54 Å². The van der Waals surface area contributed by atoms with Crippen LogP contribution in [0.3, 0.4) is 0 Å². The first-order chi connectivity index (χ1) is 14.4. The monoisotopic (exact) mass is 447 g/mol. The van der Waals surface area contributed by atoms with Gasteiger partial charge in [-0.25, -0.2) is 9.59 Å². The van der Waals surface area contributed by atoms with Crippen LogP contribution >= 0.6 is 23.2 Å². The Bertz CT molecular complexity index is 1150. The average Bonchev–Trinajstić information content (AvgIpc) is 3.03. The fourth-order valence-corrected chi connectivity index (χ4v) is 2.81. The lowest BCUT2D eigenvalue weighted by Gasteiger charge is -2.01. The molecular weight excluding hydrogens is 431 g/mol. The van der Waals surface area contributed by atoms with Crippen LogP contribution in [-0.2, 0) is 11.3 Å². The first-order valence-electron chi connectivity index (χ1n) is 8.89. The van der Waals surface area contributed by atoms with Gasteiger partial charge >= 0.3 is 17.2 Å². The van der Waals surface area contributed by atoms with Gasteiger partial charge in [-0.1, -0.05) is 45.6 Å². The van der Waals surface area contributed by atoms with E-state index < -0.39 is 11.5 Å². The van der Waals surface area contributed by atoms with Crippen LogP contribution in [0.15, 0.2) is 58.4 Å². The molecule has 0 radical (unpaired) electrons. The summed E-state index contributed by atoms with van der Waals surface area (Å²) in [5.74, 6) is -1.19. The standard InChI is InChI=1S/C20H16Cl2N4O4/c1-2-30-20(29)18-19(28)26(23-11-13-3-7-15(21)8-4-13)24-25(18)12-17(27)14-5-9-16(22)10-6-14/h3-11H,2,12H2,1H3/p+1/b23-11+. The van der Waals surface area contributed by atoms with Gasteiger partial charge in [0.1, 0.15) is 0 Å². The van der Waals surface area contributed by atoms with E-state index in [9.17, 15) is 14.4 Å². The average molecular weight is 448 g/mol. The maximum absolute atomic E-state index is 12.7. The van der Waals surface area contributed by atoms with E-state index in [-0.39, 0.29) is 24.6 Å². The number of rotatable bonds is 7. The van der Waals surface area contributed by atoms with Crippen LogP contribution in [0.5, 0.6) is 0 Å². The summed E-state index contributed by atoms with van der Waals surface area (Å²) in [5.41, 5.74) is -0.0302. The van der Waals surface area contributed by atoms with Crippen molar-refractivity contribution in [2.75, 3.05) is 6.61 Å². The number of ether oxygens (including phenoxy) is 1. The lowest BCUT2D eigenvalue weighted by molar-refractivity contribution is -0.744. The first-order valence-corrected chi connectivity index (χ1v) is 9.65. The van der Waals surface area contributed by atoms with Crippen LogP contribution in [0.2, 0.25) is 10.0 Å². The second kappa shape index (κ2) is 9.51. The largest absolute Gasteiger partial charge is 0.459 e. The summed E-state index contributed by atoms with van der Waals surface area (Å²) >= 11 is 11.7. The molecule has 3 rings (SSSR count). The van der Waals surface area contributed by atoms with Crippen molar-refractivity contribution in [1.82, 2.24) is 10.0 Å². The molecule has 0 aliphatic carbocycles. The number of H-pyrrole nitrogens is 1. The Balaban J connectivity index is 1.94. The Morgan fingerprint density at radius 1 is 1.10 bits per heavy atom. The smallest absolute Gasteiger partial charge is 0.434 e. The minimum Gasteiger partial charge on any atom is -0.459 e. The number of aromatic nitrogens is 3. The third-order valence-corrected chi connectivity index (χ3v) is 4.51. The van der Waals surface area contributed by atoms with Gasteiger partial charge in [-0.3, -0.25) is 4.79 Å². The van der Waals surface area contributed by atoms with E-state index >= 15 is 0 Å². The number of nitrogens with one attached hydrogen (secondary N) is 1. The number of esters is 1. The van der Waals surface area contributed by atoms with Crippen LogP contribution in [-0.4, -0.2) is 34.6 Å². The van der Waals surface area contributed by atoms with E-state index in [1.54, 1.807) is 55.5 Å². The maximum atomic E-state index is 12.7. The van der Waals surface area contributed by atoms with Gasteiger partial charge in [0.2, 0.25) is 5.78 Å². The summed E-state index contributed by atoms with van der Waals surface area (Å²) < 4.78 is 6.06. The van der Waals surface area contributed by atoms with Crippen LogP contribution < -0.4 is 10.2 Å². The van der Waals surface area contributed by atoms with Gasteiger partial charge in [0.05, 0.1) is 12.8 Å². The topological polar surface area (TPSA) is 97.4 Å². The van der Waals surface area contributed by atoms with Crippen LogP contribution in [0.1, 0.15) is 33.3 Å². The molecule has 3 aromatic rings. The molecular formula is C20H17Cl2N4O4+. The lowest BCUT2D eigenvalue weighted by atomic mass is 10.1. The van der Waals surface area contributed by atoms with Gasteiger partial charge in [0, 0.05) is 20.4 Å². The Labute approximate surface area is 181 Å². The van der Waals surface area contributed by atoms with Gasteiger partial charge in [-0.05, 0) is 48.9 Å². The molecule has 2 aromatic carbocycles. The number of nitrogens with zero attached hydrogens (tertiary/aromatic N) is 3. The van der Waals surface area contributed by atoms with Crippen molar-refractivity contribution in [2.45, 2.75) is 13.5 Å². The molecule has 30 heavy (non-hydrogen) atoms. The molecule has 0 saturated carbocycles. The normalized spacial score (nSPS) is 11.0. The van der Waals surface area contributed by atoms with Crippen molar-refractivity contribution in [3.63, 3.8) is 0 Å². The molecule has 0 aliphatic rings. The molecule has 0 spiro atoms. The predicted molar refractivity (Wildman–Crippen MR) is 111 cm³/mol. The second-order valence-electron chi connectivity index (χ2n) is 6.10. The highest BCUT2D eigenvalue weighted by Gasteiger charge is 2.31. The summed E-state index contributed by atoms with van der Waals surface area (Å²) in [5, 5.41) is 7.73. The zero-order valence-corrected chi connectivity index (χ0v) is 17.4. The number of Topliss-reactive ketones (excluding diaryl/α,β-unsaturated/α-hetero) is 1. The molecule has 10 heteroatoms. The van der Waals surface area contributed by atoms with E-state index in [4.69, 9.17) is 27.9 Å². The molecule has 154 valence electrons. The predicted octanol–water partition coefficient (Wildman–Crippen LogP) is 2.71. The quantitative estimate of drug-likeness (QED) is 0.260. The molecule has 0 unspecified atom stereocenters. The molecule has 1 N–H and O–H groups in total. The van der Waals surface area contributed by atoms with E-state index in [1.165, 1.54) is 6.21 Å². The number of hydrogen-bond donors (Lipinski definition) is 1. The molecule has 0 amide bonds. The lowest BCUT2D eigenvalue weighted by Crippen LogP contribution is -2.46. The molecule has 0 aliphatic heterocycles. The zero-order valence-electron chi connectivity index (χ0n) is 15.8. The van der Waals surface area contributed by atoms with E-state index in [0.717, 1.165) is 9.47 Å². The van der Waals surface area contributed by atoms with Gasteiger partial charge in [-0.15, -0.1) is 4.68 Å². The fourth-order valence-electron chi connectivity index (χ4n) is 2.56. The van der Waals surface area contributed by atoms with Gasteiger partial charge < -0.3 is 4.74 Å². The highest BCUT2D eigenvalue weighted by molar-refractivity contribution is 6.30. The second-order valence-corrected chi connectivity index (χ2v) is 6.97. The Hall–Kier alpha value is -3.23. The number of carbonyl (C=O) groups excluding carboxylic acids is 2. The Morgan fingerprint density at radius 2 is 1.70 bits per heavy atom. The van der Waals surface area contributed by atoms with Crippen molar-refractivity contribution >= 4 is 41.2 Å². The number of carbonyl (C=O) groups is 2.